The number of nitrogens with zero attached hydrogens (tertiary/aromatic N) is 1. The highest BCUT2D eigenvalue weighted by Crippen LogP contribution is 2.22. The van der Waals surface area contributed by atoms with E-state index in [-0.39, 0.29) is 0 Å². The van der Waals surface area contributed by atoms with Gasteiger partial charge in [0.2, 0.25) is 0 Å². The predicted octanol–water partition coefficient (Wildman–Crippen LogP) is 2.67. The Balaban J connectivity index is 2.07. The number of rotatable bonds is 4. The Hall–Kier alpha value is -1.35. The number of hydrogen-bond donors (Lipinski definition) is 0. The second-order valence-corrected chi connectivity index (χ2v) is 5.14. The number of benzene rings is 1. The topological polar surface area (TPSA) is 29.5 Å². The smallest absolute Gasteiger partial charge is 0.152 e. The Kier molecular flexibility index (Phi) is 4.37. The van der Waals surface area contributed by atoms with E-state index in [9.17, 15) is 4.79 Å². The van der Waals surface area contributed by atoms with E-state index in [0.29, 0.717) is 5.92 Å². The first-order valence-electron chi connectivity index (χ1n) is 6.55. The quantitative estimate of drug-likeness (QED) is 0.766. The van der Waals surface area contributed by atoms with Crippen LogP contribution in [0.3, 0.4) is 0 Å². The Labute approximate surface area is 109 Å². The monoisotopic (exact) mass is 247 g/mol. The van der Waals surface area contributed by atoms with E-state index in [2.05, 4.69) is 11.0 Å². The zero-order valence-electron chi connectivity index (χ0n) is 11.2. The SMILES string of the molecule is Cc1ccc(N(C)CC2CCCOC2)c(C=O)c1. The van der Waals surface area contributed by atoms with Gasteiger partial charge in [0.15, 0.2) is 6.29 Å². The minimum Gasteiger partial charge on any atom is -0.381 e. The molecule has 0 radical (unpaired) electrons. The number of anilines is 1. The summed E-state index contributed by atoms with van der Waals surface area (Å²) in [7, 11) is 2.05. The summed E-state index contributed by atoms with van der Waals surface area (Å²) in [6.45, 7) is 4.69. The van der Waals surface area contributed by atoms with Crippen LogP contribution in [0, 0.1) is 12.8 Å². The molecule has 1 saturated heterocycles. The van der Waals surface area contributed by atoms with Crippen molar-refractivity contribution < 1.29 is 9.53 Å². The average Bonchev–Trinajstić information content (AvgIpc) is 2.39. The summed E-state index contributed by atoms with van der Waals surface area (Å²) in [4.78, 5) is 13.3. The van der Waals surface area contributed by atoms with Gasteiger partial charge in [0.05, 0.1) is 6.61 Å². The molecule has 0 spiro atoms. The fourth-order valence-corrected chi connectivity index (χ4v) is 2.55. The molecule has 2 rings (SSSR count). The van der Waals surface area contributed by atoms with E-state index in [4.69, 9.17) is 4.74 Å². The zero-order valence-corrected chi connectivity index (χ0v) is 11.2. The highest BCUT2D eigenvalue weighted by Gasteiger charge is 2.17. The molecule has 1 heterocycles. The van der Waals surface area contributed by atoms with Gasteiger partial charge in [0.1, 0.15) is 0 Å². The van der Waals surface area contributed by atoms with Crippen LogP contribution in [-0.4, -0.2) is 33.1 Å². The lowest BCUT2D eigenvalue weighted by Crippen LogP contribution is -2.31. The number of carbonyl (C=O) groups is 1. The lowest BCUT2D eigenvalue weighted by molar-refractivity contribution is 0.0576. The van der Waals surface area contributed by atoms with Crippen LogP contribution in [0.4, 0.5) is 5.69 Å². The number of aryl methyl sites for hydroxylation is 1. The van der Waals surface area contributed by atoms with Crippen molar-refractivity contribution in [2.45, 2.75) is 19.8 Å². The first-order valence-corrected chi connectivity index (χ1v) is 6.55. The Morgan fingerprint density at radius 1 is 1.50 bits per heavy atom. The van der Waals surface area contributed by atoms with E-state index in [1.165, 1.54) is 6.42 Å². The molecule has 0 aromatic heterocycles. The minimum atomic E-state index is 0.574. The third-order valence-corrected chi connectivity index (χ3v) is 3.51. The minimum absolute atomic E-state index is 0.574. The van der Waals surface area contributed by atoms with Gasteiger partial charge in [0.25, 0.3) is 0 Å². The summed E-state index contributed by atoms with van der Waals surface area (Å²) in [6.07, 6.45) is 3.30. The molecule has 18 heavy (non-hydrogen) atoms. The van der Waals surface area contributed by atoms with Crippen LogP contribution in [0.2, 0.25) is 0 Å². The van der Waals surface area contributed by atoms with Crippen molar-refractivity contribution in [2.75, 3.05) is 31.7 Å². The Bertz CT molecular complexity index is 411. The van der Waals surface area contributed by atoms with Crippen LogP contribution in [-0.2, 0) is 4.74 Å². The third kappa shape index (κ3) is 3.10. The highest BCUT2D eigenvalue weighted by atomic mass is 16.5. The second-order valence-electron chi connectivity index (χ2n) is 5.14. The first kappa shape index (κ1) is 13.1. The van der Waals surface area contributed by atoms with Gasteiger partial charge >= 0.3 is 0 Å². The van der Waals surface area contributed by atoms with Gasteiger partial charge in [-0.2, -0.15) is 0 Å². The lowest BCUT2D eigenvalue weighted by Gasteiger charge is -2.29. The number of aldehydes is 1. The molecular formula is C15H21NO2. The molecule has 1 aromatic rings. The molecule has 1 atom stereocenters. The van der Waals surface area contributed by atoms with Crippen molar-refractivity contribution in [2.24, 2.45) is 5.92 Å². The molecule has 1 unspecified atom stereocenters. The van der Waals surface area contributed by atoms with Crippen LogP contribution in [0.15, 0.2) is 18.2 Å². The molecule has 0 aliphatic carbocycles. The predicted molar refractivity (Wildman–Crippen MR) is 73.4 cm³/mol. The number of carbonyl (C=O) groups excluding carboxylic acids is 1. The van der Waals surface area contributed by atoms with Crippen molar-refractivity contribution >= 4 is 12.0 Å². The van der Waals surface area contributed by atoms with E-state index in [1.54, 1.807) is 0 Å². The van der Waals surface area contributed by atoms with Crippen molar-refractivity contribution in [3.05, 3.63) is 29.3 Å². The van der Waals surface area contributed by atoms with Gasteiger partial charge in [0, 0.05) is 31.5 Å². The standard InChI is InChI=1S/C15H21NO2/c1-12-5-6-15(14(8-12)10-17)16(2)9-13-4-3-7-18-11-13/h5-6,8,10,13H,3-4,7,9,11H2,1-2H3. The van der Waals surface area contributed by atoms with Crippen LogP contribution in [0.5, 0.6) is 0 Å². The summed E-state index contributed by atoms with van der Waals surface area (Å²) < 4.78 is 5.50. The van der Waals surface area contributed by atoms with E-state index in [1.807, 2.05) is 26.1 Å². The Morgan fingerprint density at radius 3 is 3.00 bits per heavy atom. The molecular weight excluding hydrogens is 226 g/mol. The molecule has 0 bridgehead atoms. The van der Waals surface area contributed by atoms with Crippen LogP contribution in [0.1, 0.15) is 28.8 Å². The molecule has 1 fully saturated rings. The summed E-state index contributed by atoms with van der Waals surface area (Å²) in [6, 6.07) is 6.02. The molecule has 0 N–H and O–H groups in total. The number of hydrogen-bond acceptors (Lipinski definition) is 3. The highest BCUT2D eigenvalue weighted by molar-refractivity contribution is 5.84. The fourth-order valence-electron chi connectivity index (χ4n) is 2.55. The van der Waals surface area contributed by atoms with E-state index >= 15 is 0 Å². The maximum absolute atomic E-state index is 11.1. The number of ether oxygens (including phenoxy) is 1. The third-order valence-electron chi connectivity index (χ3n) is 3.51. The second kappa shape index (κ2) is 6.01. The van der Waals surface area contributed by atoms with Gasteiger partial charge in [-0.1, -0.05) is 11.6 Å². The first-order chi connectivity index (χ1) is 8.70. The summed E-state index contributed by atoms with van der Waals surface area (Å²) >= 11 is 0. The molecule has 1 aromatic carbocycles. The van der Waals surface area contributed by atoms with Gasteiger partial charge in [-0.15, -0.1) is 0 Å². The summed E-state index contributed by atoms with van der Waals surface area (Å²) in [5.74, 6) is 0.574. The van der Waals surface area contributed by atoms with Crippen LogP contribution >= 0.6 is 0 Å². The fraction of sp³-hybridized carbons (Fsp3) is 0.533. The van der Waals surface area contributed by atoms with Crippen molar-refractivity contribution in [3.8, 4) is 0 Å². The molecule has 0 saturated carbocycles. The van der Waals surface area contributed by atoms with Gasteiger partial charge < -0.3 is 9.64 Å². The molecule has 0 amide bonds. The molecule has 3 nitrogen and oxygen atoms in total. The van der Waals surface area contributed by atoms with Gasteiger partial charge in [-0.05, 0) is 37.8 Å². The Morgan fingerprint density at radius 2 is 2.33 bits per heavy atom. The molecule has 1 aliphatic rings. The van der Waals surface area contributed by atoms with Crippen LogP contribution in [0.25, 0.3) is 0 Å². The van der Waals surface area contributed by atoms with Gasteiger partial charge in [-0.25, -0.2) is 0 Å². The summed E-state index contributed by atoms with van der Waals surface area (Å²) in [5.41, 5.74) is 2.91. The molecule has 98 valence electrons. The maximum atomic E-state index is 11.1. The largest absolute Gasteiger partial charge is 0.381 e. The maximum Gasteiger partial charge on any atom is 0.152 e. The average molecular weight is 247 g/mol. The van der Waals surface area contributed by atoms with Crippen molar-refractivity contribution in [3.63, 3.8) is 0 Å². The lowest BCUT2D eigenvalue weighted by atomic mass is 10.0. The normalized spacial score (nSPS) is 19.6. The van der Waals surface area contributed by atoms with E-state index in [0.717, 1.165) is 49.3 Å². The zero-order chi connectivity index (χ0) is 13.0. The molecule has 1 aliphatic heterocycles. The van der Waals surface area contributed by atoms with E-state index < -0.39 is 0 Å². The molecule has 3 heteroatoms. The van der Waals surface area contributed by atoms with Crippen molar-refractivity contribution in [1.29, 1.82) is 0 Å². The van der Waals surface area contributed by atoms with Crippen molar-refractivity contribution in [1.82, 2.24) is 0 Å². The van der Waals surface area contributed by atoms with Gasteiger partial charge in [-0.3, -0.25) is 4.79 Å². The van der Waals surface area contributed by atoms with Crippen LogP contribution < -0.4 is 4.90 Å². The summed E-state index contributed by atoms with van der Waals surface area (Å²) in [5, 5.41) is 0.